The standard InChI is InChI=1S/C11H19N3O2/c1-7-9(16-8(2)13-7)6-12-10(15)14-11(3,4)5/h6H2,1-5H3,(H2,12,14,15). The zero-order valence-electron chi connectivity index (χ0n) is 10.5. The number of nitrogens with zero attached hydrogens (tertiary/aromatic N) is 1. The highest BCUT2D eigenvalue weighted by atomic mass is 16.4. The first-order chi connectivity index (χ1) is 7.28. The summed E-state index contributed by atoms with van der Waals surface area (Å²) in [5, 5.41) is 5.53. The van der Waals surface area contributed by atoms with Crippen molar-refractivity contribution in [1.82, 2.24) is 15.6 Å². The molecule has 1 aromatic rings. The number of amides is 2. The second-order valence-electron chi connectivity index (χ2n) is 4.80. The molecular formula is C11H19N3O2. The van der Waals surface area contributed by atoms with Gasteiger partial charge in [0, 0.05) is 12.5 Å². The Labute approximate surface area is 95.6 Å². The van der Waals surface area contributed by atoms with Crippen molar-refractivity contribution >= 4 is 6.03 Å². The van der Waals surface area contributed by atoms with Crippen molar-refractivity contribution in [3.8, 4) is 0 Å². The van der Waals surface area contributed by atoms with E-state index in [-0.39, 0.29) is 11.6 Å². The molecule has 0 aliphatic carbocycles. The van der Waals surface area contributed by atoms with Gasteiger partial charge < -0.3 is 15.1 Å². The van der Waals surface area contributed by atoms with E-state index in [0.29, 0.717) is 18.2 Å². The predicted octanol–water partition coefficient (Wildman–Crippen LogP) is 1.89. The summed E-state index contributed by atoms with van der Waals surface area (Å²) in [6, 6.07) is -0.207. The van der Waals surface area contributed by atoms with E-state index in [1.165, 1.54) is 0 Å². The molecule has 0 radical (unpaired) electrons. The molecule has 0 unspecified atom stereocenters. The van der Waals surface area contributed by atoms with Crippen molar-refractivity contribution in [3.63, 3.8) is 0 Å². The van der Waals surface area contributed by atoms with Gasteiger partial charge in [0.25, 0.3) is 0 Å². The second-order valence-corrected chi connectivity index (χ2v) is 4.80. The van der Waals surface area contributed by atoms with Crippen LogP contribution in [-0.2, 0) is 6.54 Å². The lowest BCUT2D eigenvalue weighted by atomic mass is 10.1. The molecule has 90 valence electrons. The van der Waals surface area contributed by atoms with Gasteiger partial charge in [-0.1, -0.05) is 0 Å². The lowest BCUT2D eigenvalue weighted by Gasteiger charge is -2.20. The molecule has 0 saturated heterocycles. The van der Waals surface area contributed by atoms with E-state index < -0.39 is 0 Å². The molecule has 2 amide bonds. The van der Waals surface area contributed by atoms with Gasteiger partial charge in [0.15, 0.2) is 5.89 Å². The van der Waals surface area contributed by atoms with Crippen molar-refractivity contribution in [3.05, 3.63) is 17.3 Å². The van der Waals surface area contributed by atoms with E-state index in [4.69, 9.17) is 4.42 Å². The Bertz CT molecular complexity index is 377. The summed E-state index contributed by atoms with van der Waals surface area (Å²) in [4.78, 5) is 15.6. The number of oxazole rings is 1. The Hall–Kier alpha value is -1.52. The van der Waals surface area contributed by atoms with Crippen molar-refractivity contribution in [2.75, 3.05) is 0 Å². The molecule has 0 fully saturated rings. The first-order valence-electron chi connectivity index (χ1n) is 5.27. The van der Waals surface area contributed by atoms with Crippen LogP contribution in [0.5, 0.6) is 0 Å². The minimum atomic E-state index is -0.240. The molecule has 1 aromatic heterocycles. The average molecular weight is 225 g/mol. The summed E-state index contributed by atoms with van der Waals surface area (Å²) in [5.41, 5.74) is 0.574. The predicted molar refractivity (Wildman–Crippen MR) is 61.1 cm³/mol. The van der Waals surface area contributed by atoms with Crippen LogP contribution < -0.4 is 10.6 Å². The number of aryl methyl sites for hydroxylation is 2. The number of carbonyl (C=O) groups excluding carboxylic acids is 1. The van der Waals surface area contributed by atoms with Crippen molar-refractivity contribution in [2.45, 2.75) is 46.7 Å². The summed E-state index contributed by atoms with van der Waals surface area (Å²) >= 11 is 0. The Balaban J connectivity index is 2.46. The van der Waals surface area contributed by atoms with Gasteiger partial charge in [0.05, 0.1) is 12.2 Å². The number of urea groups is 1. The molecule has 5 nitrogen and oxygen atoms in total. The van der Waals surface area contributed by atoms with Crippen LogP contribution in [0, 0.1) is 13.8 Å². The van der Waals surface area contributed by atoms with Crippen LogP contribution in [0.1, 0.15) is 38.1 Å². The summed E-state index contributed by atoms with van der Waals surface area (Å²) in [6.45, 7) is 9.78. The molecule has 5 heteroatoms. The van der Waals surface area contributed by atoms with E-state index in [1.807, 2.05) is 27.7 Å². The summed E-state index contributed by atoms with van der Waals surface area (Å²) in [5.74, 6) is 1.31. The monoisotopic (exact) mass is 225 g/mol. The first kappa shape index (κ1) is 12.5. The fourth-order valence-corrected chi connectivity index (χ4v) is 1.28. The highest BCUT2D eigenvalue weighted by molar-refractivity contribution is 5.74. The average Bonchev–Trinajstić information content (AvgIpc) is 2.38. The number of hydrogen-bond acceptors (Lipinski definition) is 3. The Morgan fingerprint density at radius 1 is 1.38 bits per heavy atom. The molecule has 0 bridgehead atoms. The van der Waals surface area contributed by atoms with Crippen molar-refractivity contribution in [2.24, 2.45) is 0 Å². The maximum Gasteiger partial charge on any atom is 0.315 e. The number of hydrogen-bond donors (Lipinski definition) is 2. The highest BCUT2D eigenvalue weighted by Crippen LogP contribution is 2.08. The maximum absolute atomic E-state index is 11.5. The van der Waals surface area contributed by atoms with Gasteiger partial charge in [0.1, 0.15) is 5.76 Å². The molecule has 0 spiro atoms. The molecule has 0 aromatic carbocycles. The lowest BCUT2D eigenvalue weighted by Crippen LogP contribution is -2.46. The first-order valence-corrected chi connectivity index (χ1v) is 5.27. The largest absolute Gasteiger partial charge is 0.444 e. The molecule has 0 aliphatic heterocycles. The fourth-order valence-electron chi connectivity index (χ4n) is 1.28. The Morgan fingerprint density at radius 2 is 2.00 bits per heavy atom. The van der Waals surface area contributed by atoms with E-state index in [1.54, 1.807) is 6.92 Å². The van der Waals surface area contributed by atoms with Crippen LogP contribution in [-0.4, -0.2) is 16.6 Å². The summed E-state index contributed by atoms with van der Waals surface area (Å²) in [6.07, 6.45) is 0. The zero-order valence-corrected chi connectivity index (χ0v) is 10.5. The number of nitrogens with one attached hydrogen (secondary N) is 2. The minimum absolute atomic E-state index is 0.207. The zero-order chi connectivity index (χ0) is 12.3. The SMILES string of the molecule is Cc1nc(C)c(CNC(=O)NC(C)(C)C)o1. The van der Waals surface area contributed by atoms with Crippen LogP contribution in [0.4, 0.5) is 4.79 Å². The third kappa shape index (κ3) is 3.92. The van der Waals surface area contributed by atoms with Crippen LogP contribution in [0.15, 0.2) is 4.42 Å². The number of aromatic nitrogens is 1. The quantitative estimate of drug-likeness (QED) is 0.807. The smallest absolute Gasteiger partial charge is 0.315 e. The van der Waals surface area contributed by atoms with E-state index in [0.717, 1.165) is 5.69 Å². The van der Waals surface area contributed by atoms with Crippen molar-refractivity contribution < 1.29 is 9.21 Å². The molecule has 1 rings (SSSR count). The lowest BCUT2D eigenvalue weighted by molar-refractivity contribution is 0.230. The highest BCUT2D eigenvalue weighted by Gasteiger charge is 2.14. The summed E-state index contributed by atoms with van der Waals surface area (Å²) in [7, 11) is 0. The van der Waals surface area contributed by atoms with Crippen LogP contribution in [0.2, 0.25) is 0 Å². The second kappa shape index (κ2) is 4.55. The third-order valence-electron chi connectivity index (χ3n) is 1.90. The summed E-state index contributed by atoms with van der Waals surface area (Å²) < 4.78 is 5.34. The topological polar surface area (TPSA) is 67.2 Å². The van der Waals surface area contributed by atoms with E-state index in [2.05, 4.69) is 15.6 Å². The van der Waals surface area contributed by atoms with Crippen LogP contribution in [0.25, 0.3) is 0 Å². The van der Waals surface area contributed by atoms with E-state index in [9.17, 15) is 4.79 Å². The van der Waals surface area contributed by atoms with Gasteiger partial charge in [0.2, 0.25) is 0 Å². The Kier molecular flexibility index (Phi) is 3.57. The van der Waals surface area contributed by atoms with Crippen LogP contribution >= 0.6 is 0 Å². The van der Waals surface area contributed by atoms with Gasteiger partial charge >= 0.3 is 6.03 Å². The molecular weight excluding hydrogens is 206 g/mol. The fraction of sp³-hybridized carbons (Fsp3) is 0.636. The van der Waals surface area contributed by atoms with Gasteiger partial charge in [-0.05, 0) is 27.7 Å². The van der Waals surface area contributed by atoms with Gasteiger partial charge in [-0.3, -0.25) is 0 Å². The Morgan fingerprint density at radius 3 is 2.44 bits per heavy atom. The maximum atomic E-state index is 11.5. The van der Waals surface area contributed by atoms with Crippen LogP contribution in [0.3, 0.4) is 0 Å². The van der Waals surface area contributed by atoms with Crippen molar-refractivity contribution in [1.29, 1.82) is 0 Å². The molecule has 0 saturated carbocycles. The molecule has 16 heavy (non-hydrogen) atoms. The number of carbonyl (C=O) groups is 1. The molecule has 0 aliphatic rings. The third-order valence-corrected chi connectivity index (χ3v) is 1.90. The molecule has 2 N–H and O–H groups in total. The molecule has 0 atom stereocenters. The van der Waals surface area contributed by atoms with E-state index >= 15 is 0 Å². The van der Waals surface area contributed by atoms with Gasteiger partial charge in [-0.2, -0.15) is 0 Å². The molecule has 1 heterocycles. The minimum Gasteiger partial charge on any atom is -0.444 e. The van der Waals surface area contributed by atoms with Gasteiger partial charge in [-0.25, -0.2) is 9.78 Å². The normalized spacial score (nSPS) is 11.3. The van der Waals surface area contributed by atoms with Gasteiger partial charge in [-0.15, -0.1) is 0 Å². The number of rotatable bonds is 2.